The van der Waals surface area contributed by atoms with Crippen LogP contribution in [0.5, 0.6) is 0 Å². The molecule has 0 bridgehead atoms. The summed E-state index contributed by atoms with van der Waals surface area (Å²) in [5.41, 5.74) is 8.39. The zero-order valence-electron chi connectivity index (χ0n) is 22.1. The van der Waals surface area contributed by atoms with Crippen LogP contribution in [0.4, 0.5) is 0 Å². The van der Waals surface area contributed by atoms with Crippen molar-refractivity contribution in [1.82, 2.24) is 10.2 Å². The maximum atomic E-state index is 12.7. The number of aliphatic carboxylic acids is 1. The fraction of sp³-hybridized carbons (Fsp3) is 0.500. The van der Waals surface area contributed by atoms with Gasteiger partial charge in [0.15, 0.2) is 5.78 Å². The average Bonchev–Trinajstić information content (AvgIpc) is 3.19. The minimum atomic E-state index is -0.958. The minimum absolute atomic E-state index is 0. The van der Waals surface area contributed by atoms with Gasteiger partial charge in [-0.25, -0.2) is 0 Å². The molecular weight excluding hydrogens is 502 g/mol. The highest BCUT2D eigenvalue weighted by atomic mass is 35.5. The van der Waals surface area contributed by atoms with E-state index in [0.717, 1.165) is 45.2 Å². The number of ketones is 1. The summed E-state index contributed by atoms with van der Waals surface area (Å²) < 4.78 is 0. The monoisotopic (exact) mass is 541 g/mol. The molecule has 2 aromatic carbocycles. The highest BCUT2D eigenvalue weighted by Crippen LogP contribution is 2.52. The van der Waals surface area contributed by atoms with E-state index < -0.39 is 11.5 Å². The first-order valence-corrected chi connectivity index (χ1v) is 13.3. The molecular formula is C30H40ClN3O4. The summed E-state index contributed by atoms with van der Waals surface area (Å²) in [5, 5.41) is 12.9. The molecule has 1 fully saturated rings. The van der Waals surface area contributed by atoms with Crippen LogP contribution >= 0.6 is 12.4 Å². The summed E-state index contributed by atoms with van der Waals surface area (Å²) in [6.45, 7) is 4.64. The second-order valence-corrected chi connectivity index (χ2v) is 11.2. The molecule has 206 valence electrons. The van der Waals surface area contributed by atoms with Crippen LogP contribution in [0.2, 0.25) is 0 Å². The Balaban J connectivity index is 0.00000400. The lowest BCUT2D eigenvalue weighted by Gasteiger charge is -2.42. The van der Waals surface area contributed by atoms with Crippen molar-refractivity contribution in [1.29, 1.82) is 0 Å². The van der Waals surface area contributed by atoms with Gasteiger partial charge in [0.1, 0.15) is 6.29 Å². The van der Waals surface area contributed by atoms with E-state index in [1.807, 2.05) is 36.4 Å². The van der Waals surface area contributed by atoms with Crippen LogP contribution in [-0.4, -0.2) is 65.8 Å². The molecule has 0 amide bonds. The Bertz CT molecular complexity index is 1100. The number of piperidine rings is 1. The number of hydrogen-bond acceptors (Lipinski definition) is 6. The zero-order chi connectivity index (χ0) is 26.5. The van der Waals surface area contributed by atoms with Crippen LogP contribution in [0.1, 0.15) is 72.9 Å². The number of carboxylic acids is 1. The van der Waals surface area contributed by atoms with Crippen molar-refractivity contribution in [2.75, 3.05) is 26.2 Å². The molecule has 0 radical (unpaired) electrons. The molecule has 0 aromatic heterocycles. The Kier molecular flexibility index (Phi) is 10.2. The molecule has 1 aliphatic carbocycles. The number of Topliss-reactive ketones (excluding diaryl/α,β-unsaturated/α-hetero) is 1. The van der Waals surface area contributed by atoms with Gasteiger partial charge in [-0.1, -0.05) is 54.6 Å². The number of aldehydes is 1. The van der Waals surface area contributed by atoms with Gasteiger partial charge in [0.2, 0.25) is 0 Å². The number of nitrogens with zero attached hydrogens (tertiary/aromatic N) is 1. The first kappa shape index (κ1) is 30.0. The number of nitrogens with two attached hydrogens (primary N) is 1. The smallest absolute Gasteiger partial charge is 0.303 e. The third kappa shape index (κ3) is 7.29. The van der Waals surface area contributed by atoms with E-state index >= 15 is 0 Å². The summed E-state index contributed by atoms with van der Waals surface area (Å²) in [4.78, 5) is 38.0. The number of likely N-dealkylation sites (tertiary alicyclic amines) is 1. The molecule has 7 nitrogen and oxygen atoms in total. The molecule has 1 spiro atoms. The van der Waals surface area contributed by atoms with E-state index in [2.05, 4.69) is 28.4 Å². The molecule has 1 heterocycles. The Labute approximate surface area is 231 Å². The molecule has 1 aliphatic heterocycles. The van der Waals surface area contributed by atoms with Crippen molar-refractivity contribution in [3.63, 3.8) is 0 Å². The van der Waals surface area contributed by atoms with Crippen LogP contribution in [0.25, 0.3) is 0 Å². The van der Waals surface area contributed by atoms with Gasteiger partial charge in [-0.2, -0.15) is 0 Å². The molecule has 1 saturated heterocycles. The molecule has 4 rings (SSSR count). The molecule has 38 heavy (non-hydrogen) atoms. The van der Waals surface area contributed by atoms with Crippen molar-refractivity contribution in [2.45, 2.75) is 68.4 Å². The maximum absolute atomic E-state index is 12.7. The van der Waals surface area contributed by atoms with Crippen molar-refractivity contribution < 1.29 is 19.5 Å². The van der Waals surface area contributed by atoms with Crippen molar-refractivity contribution in [3.05, 3.63) is 71.3 Å². The number of halogens is 1. The summed E-state index contributed by atoms with van der Waals surface area (Å²) in [5.74, 6) is -0.553. The molecule has 2 aliphatic rings. The number of carbonyl (C=O) groups excluding carboxylic acids is 2. The number of rotatable bonds is 12. The first-order chi connectivity index (χ1) is 17.7. The molecule has 8 heteroatoms. The topological polar surface area (TPSA) is 113 Å². The van der Waals surface area contributed by atoms with Crippen molar-refractivity contribution in [2.24, 2.45) is 5.73 Å². The first-order valence-electron chi connectivity index (χ1n) is 13.3. The van der Waals surface area contributed by atoms with E-state index in [-0.39, 0.29) is 42.0 Å². The van der Waals surface area contributed by atoms with Gasteiger partial charge in [0.05, 0.1) is 12.0 Å². The van der Waals surface area contributed by atoms with Gasteiger partial charge in [0, 0.05) is 31.1 Å². The lowest BCUT2D eigenvalue weighted by molar-refractivity contribution is -0.137. The second kappa shape index (κ2) is 13.0. The largest absolute Gasteiger partial charge is 0.481 e. The van der Waals surface area contributed by atoms with E-state index in [1.165, 1.54) is 11.1 Å². The van der Waals surface area contributed by atoms with Crippen molar-refractivity contribution >= 4 is 30.4 Å². The third-order valence-corrected chi connectivity index (χ3v) is 8.18. The highest BCUT2D eigenvalue weighted by molar-refractivity contribution is 5.96. The maximum Gasteiger partial charge on any atom is 0.303 e. The summed E-state index contributed by atoms with van der Waals surface area (Å²) >= 11 is 0. The SMILES string of the molecule is CC(N)(C=O)CN[C@@H](CCC(=O)c1ccccc1)CN1CCC2(CC1)CC(CC(=O)O)c1ccccc12.Cl. The van der Waals surface area contributed by atoms with E-state index in [0.29, 0.717) is 24.9 Å². The Morgan fingerprint density at radius 3 is 2.47 bits per heavy atom. The van der Waals surface area contributed by atoms with Gasteiger partial charge < -0.3 is 25.9 Å². The minimum Gasteiger partial charge on any atom is -0.481 e. The highest BCUT2D eigenvalue weighted by Gasteiger charge is 2.45. The number of carboxylic acid groups (broad SMARTS) is 1. The van der Waals surface area contributed by atoms with Crippen molar-refractivity contribution in [3.8, 4) is 0 Å². The Morgan fingerprint density at radius 2 is 1.82 bits per heavy atom. The number of nitrogens with one attached hydrogen (secondary N) is 1. The number of fused-ring (bicyclic) bond motifs is 2. The molecule has 2 unspecified atom stereocenters. The Morgan fingerprint density at radius 1 is 1.16 bits per heavy atom. The van der Waals surface area contributed by atoms with Crippen LogP contribution in [0, 0.1) is 0 Å². The fourth-order valence-electron chi connectivity index (χ4n) is 6.11. The van der Waals surface area contributed by atoms with Gasteiger partial charge in [-0.05, 0) is 68.2 Å². The number of carbonyl (C=O) groups is 3. The number of hydrogen-bond donors (Lipinski definition) is 3. The van der Waals surface area contributed by atoms with E-state index in [9.17, 15) is 19.5 Å². The Hall–Kier alpha value is -2.58. The predicted molar refractivity (Wildman–Crippen MR) is 151 cm³/mol. The summed E-state index contributed by atoms with van der Waals surface area (Å²) in [6, 6.07) is 17.7. The number of benzene rings is 2. The van der Waals surface area contributed by atoms with Crippen LogP contribution in [0.15, 0.2) is 54.6 Å². The summed E-state index contributed by atoms with van der Waals surface area (Å²) in [7, 11) is 0. The van der Waals surface area contributed by atoms with Crippen LogP contribution in [-0.2, 0) is 15.0 Å². The van der Waals surface area contributed by atoms with E-state index in [4.69, 9.17) is 5.73 Å². The average molecular weight is 542 g/mol. The lowest BCUT2D eigenvalue weighted by Crippen LogP contribution is -2.53. The molecule has 3 atom stereocenters. The van der Waals surface area contributed by atoms with Gasteiger partial charge in [-0.3, -0.25) is 9.59 Å². The van der Waals surface area contributed by atoms with Gasteiger partial charge in [-0.15, -0.1) is 12.4 Å². The van der Waals surface area contributed by atoms with Gasteiger partial charge in [0.25, 0.3) is 0 Å². The lowest BCUT2D eigenvalue weighted by atomic mass is 9.73. The fourth-order valence-corrected chi connectivity index (χ4v) is 6.11. The predicted octanol–water partition coefficient (Wildman–Crippen LogP) is 3.94. The quantitative estimate of drug-likeness (QED) is 0.275. The zero-order valence-corrected chi connectivity index (χ0v) is 22.9. The third-order valence-electron chi connectivity index (χ3n) is 8.18. The van der Waals surface area contributed by atoms with Crippen LogP contribution in [0.3, 0.4) is 0 Å². The standard InChI is InChI=1S/C30H39N3O4.ClH/c1-29(31,21-34)20-32-24(11-12-27(35)22-7-3-2-4-8-22)19-33-15-13-30(14-16-33)18-23(17-28(36)37)25-9-5-6-10-26(25)30;/h2-10,21,23-24,32H,11-20,31H2,1H3,(H,36,37);1H/t23?,24-,29?;/m0./s1. The summed E-state index contributed by atoms with van der Waals surface area (Å²) in [6.07, 6.45) is 4.89. The molecule has 4 N–H and O–H groups in total. The molecule has 0 saturated carbocycles. The van der Waals surface area contributed by atoms with Crippen LogP contribution < -0.4 is 11.1 Å². The van der Waals surface area contributed by atoms with Gasteiger partial charge >= 0.3 is 5.97 Å². The molecule has 2 aromatic rings. The normalized spacial score (nSPS) is 20.6. The second-order valence-electron chi connectivity index (χ2n) is 11.2. The van der Waals surface area contributed by atoms with E-state index in [1.54, 1.807) is 6.92 Å².